The summed E-state index contributed by atoms with van der Waals surface area (Å²) in [6.45, 7) is 5.22. The molecule has 1 saturated heterocycles. The van der Waals surface area contributed by atoms with Crippen LogP contribution in [0, 0.1) is 19.8 Å². The smallest absolute Gasteiger partial charge is 0.253 e. The van der Waals surface area contributed by atoms with Crippen molar-refractivity contribution >= 4 is 17.5 Å². The molecule has 0 spiro atoms. The molecule has 2 amide bonds. The Balaban J connectivity index is 1.58. The van der Waals surface area contributed by atoms with Crippen molar-refractivity contribution in [2.24, 2.45) is 5.92 Å². The third kappa shape index (κ3) is 4.30. The summed E-state index contributed by atoms with van der Waals surface area (Å²) in [7, 11) is 1.59. The number of ether oxygens (including phenoxy) is 1. The highest BCUT2D eigenvalue weighted by molar-refractivity contribution is 5.96. The number of methoxy groups -OCH3 is 1. The van der Waals surface area contributed by atoms with Crippen molar-refractivity contribution < 1.29 is 14.3 Å². The lowest BCUT2D eigenvalue weighted by Gasteiger charge is -2.31. The molecule has 0 saturated carbocycles. The molecular formula is C22H26N2O3. The molecule has 1 aliphatic heterocycles. The molecule has 0 atom stereocenters. The maximum Gasteiger partial charge on any atom is 0.253 e. The summed E-state index contributed by atoms with van der Waals surface area (Å²) in [6, 6.07) is 13.1. The van der Waals surface area contributed by atoms with E-state index < -0.39 is 0 Å². The van der Waals surface area contributed by atoms with Crippen LogP contribution in [-0.2, 0) is 4.79 Å². The average molecular weight is 366 g/mol. The number of carbonyl (C=O) groups excluding carboxylic acids is 2. The van der Waals surface area contributed by atoms with Gasteiger partial charge in [-0.1, -0.05) is 18.2 Å². The summed E-state index contributed by atoms with van der Waals surface area (Å²) in [6.07, 6.45) is 1.35. The van der Waals surface area contributed by atoms with E-state index in [1.54, 1.807) is 19.2 Å². The van der Waals surface area contributed by atoms with Gasteiger partial charge in [0.2, 0.25) is 5.91 Å². The average Bonchev–Trinajstić information content (AvgIpc) is 2.71. The van der Waals surface area contributed by atoms with Gasteiger partial charge >= 0.3 is 0 Å². The van der Waals surface area contributed by atoms with E-state index in [-0.39, 0.29) is 17.7 Å². The predicted molar refractivity (Wildman–Crippen MR) is 106 cm³/mol. The van der Waals surface area contributed by atoms with Crippen LogP contribution in [0.4, 0.5) is 5.69 Å². The third-order valence-electron chi connectivity index (χ3n) is 5.33. The number of benzene rings is 2. The van der Waals surface area contributed by atoms with Crippen molar-refractivity contribution in [3.63, 3.8) is 0 Å². The maximum atomic E-state index is 12.7. The molecule has 1 aliphatic rings. The van der Waals surface area contributed by atoms with Gasteiger partial charge in [0.05, 0.1) is 7.11 Å². The van der Waals surface area contributed by atoms with Gasteiger partial charge in [-0.2, -0.15) is 0 Å². The summed E-state index contributed by atoms with van der Waals surface area (Å²) in [5.74, 6) is 0.627. The fourth-order valence-electron chi connectivity index (χ4n) is 3.40. The third-order valence-corrected chi connectivity index (χ3v) is 5.33. The number of hydrogen-bond acceptors (Lipinski definition) is 3. The summed E-state index contributed by atoms with van der Waals surface area (Å²) < 4.78 is 5.19. The summed E-state index contributed by atoms with van der Waals surface area (Å²) in [4.78, 5) is 27.1. The SMILES string of the molecule is COc1cccc(C(=O)N2CCC(C(=O)Nc3cccc(C)c3C)CC2)c1. The molecule has 0 radical (unpaired) electrons. The molecule has 5 heteroatoms. The largest absolute Gasteiger partial charge is 0.497 e. The van der Waals surface area contributed by atoms with Gasteiger partial charge < -0.3 is 15.0 Å². The molecule has 1 heterocycles. The van der Waals surface area contributed by atoms with Crippen molar-refractivity contribution in [2.45, 2.75) is 26.7 Å². The highest BCUT2D eigenvalue weighted by atomic mass is 16.5. The maximum absolute atomic E-state index is 12.7. The Labute approximate surface area is 160 Å². The molecule has 3 rings (SSSR count). The van der Waals surface area contributed by atoms with Crippen molar-refractivity contribution in [3.8, 4) is 5.75 Å². The van der Waals surface area contributed by atoms with E-state index in [9.17, 15) is 9.59 Å². The quantitative estimate of drug-likeness (QED) is 0.895. The number of likely N-dealkylation sites (tertiary alicyclic amines) is 1. The minimum atomic E-state index is -0.0701. The predicted octanol–water partition coefficient (Wildman–Crippen LogP) is 3.80. The zero-order chi connectivity index (χ0) is 19.4. The highest BCUT2D eigenvalue weighted by Gasteiger charge is 2.28. The van der Waals surface area contributed by atoms with Crippen molar-refractivity contribution in [1.82, 2.24) is 4.90 Å². The summed E-state index contributed by atoms with van der Waals surface area (Å²) in [5, 5.41) is 3.05. The van der Waals surface area contributed by atoms with Crippen LogP contribution in [0.1, 0.15) is 34.3 Å². The standard InChI is InChI=1S/C22H26N2O3/c1-15-6-4-9-20(16(15)2)23-21(25)17-10-12-24(13-11-17)22(26)18-7-5-8-19(14-18)27-3/h4-9,14,17H,10-13H2,1-3H3,(H,23,25). The number of nitrogens with one attached hydrogen (secondary N) is 1. The van der Waals surface area contributed by atoms with Gasteiger partial charge in [0.1, 0.15) is 5.75 Å². The number of rotatable bonds is 4. The topological polar surface area (TPSA) is 58.6 Å². The lowest BCUT2D eigenvalue weighted by atomic mass is 9.95. The number of anilines is 1. The van der Waals surface area contributed by atoms with E-state index in [2.05, 4.69) is 5.32 Å². The Morgan fingerprint density at radius 3 is 2.48 bits per heavy atom. The van der Waals surface area contributed by atoms with E-state index >= 15 is 0 Å². The Hall–Kier alpha value is -2.82. The molecule has 27 heavy (non-hydrogen) atoms. The Morgan fingerprint density at radius 2 is 1.78 bits per heavy atom. The second kappa shape index (κ2) is 8.25. The molecule has 0 unspecified atom stereocenters. The zero-order valence-electron chi connectivity index (χ0n) is 16.1. The molecule has 1 N–H and O–H groups in total. The van der Waals surface area contributed by atoms with E-state index in [4.69, 9.17) is 4.74 Å². The van der Waals surface area contributed by atoms with E-state index in [0.717, 1.165) is 16.8 Å². The van der Waals surface area contributed by atoms with Gasteiger partial charge in [-0.3, -0.25) is 9.59 Å². The molecule has 0 aliphatic carbocycles. The van der Waals surface area contributed by atoms with Crippen molar-refractivity contribution in [2.75, 3.05) is 25.5 Å². The lowest BCUT2D eigenvalue weighted by Crippen LogP contribution is -2.41. The molecule has 0 bridgehead atoms. The monoisotopic (exact) mass is 366 g/mol. The van der Waals surface area contributed by atoms with Crippen LogP contribution < -0.4 is 10.1 Å². The number of hydrogen-bond donors (Lipinski definition) is 1. The fraction of sp³-hybridized carbons (Fsp3) is 0.364. The highest BCUT2D eigenvalue weighted by Crippen LogP contribution is 2.24. The molecule has 142 valence electrons. The molecule has 2 aromatic rings. The van der Waals surface area contributed by atoms with Gasteiger partial charge in [0.25, 0.3) is 5.91 Å². The van der Waals surface area contributed by atoms with E-state index in [0.29, 0.717) is 37.2 Å². The number of piperidine rings is 1. The second-order valence-electron chi connectivity index (χ2n) is 7.04. The van der Waals surface area contributed by atoms with E-state index in [1.807, 2.05) is 49.1 Å². The molecular weight excluding hydrogens is 340 g/mol. The Kier molecular flexibility index (Phi) is 5.79. The Morgan fingerprint density at radius 1 is 1.07 bits per heavy atom. The van der Waals surface area contributed by atoms with Gasteiger partial charge in [0, 0.05) is 30.3 Å². The van der Waals surface area contributed by atoms with Gasteiger partial charge in [0.15, 0.2) is 0 Å². The first-order valence-corrected chi connectivity index (χ1v) is 9.30. The first kappa shape index (κ1) is 19.0. The normalized spacial score (nSPS) is 14.7. The fourth-order valence-corrected chi connectivity index (χ4v) is 3.40. The first-order valence-electron chi connectivity index (χ1n) is 9.30. The molecule has 5 nitrogen and oxygen atoms in total. The summed E-state index contributed by atoms with van der Waals surface area (Å²) >= 11 is 0. The van der Waals surface area contributed by atoms with Crippen LogP contribution in [0.3, 0.4) is 0 Å². The first-order chi connectivity index (χ1) is 13.0. The van der Waals surface area contributed by atoms with Gasteiger partial charge in [-0.25, -0.2) is 0 Å². The molecule has 0 aromatic heterocycles. The van der Waals surface area contributed by atoms with Crippen molar-refractivity contribution in [1.29, 1.82) is 0 Å². The Bertz CT molecular complexity index is 839. The zero-order valence-corrected chi connectivity index (χ0v) is 16.1. The number of nitrogens with zero attached hydrogens (tertiary/aromatic N) is 1. The number of amides is 2. The van der Waals surface area contributed by atoms with E-state index in [1.165, 1.54) is 0 Å². The van der Waals surface area contributed by atoms with Gasteiger partial charge in [-0.15, -0.1) is 0 Å². The van der Waals surface area contributed by atoms with Crippen LogP contribution >= 0.6 is 0 Å². The number of carbonyl (C=O) groups is 2. The van der Waals surface area contributed by atoms with Gasteiger partial charge in [-0.05, 0) is 62.1 Å². The van der Waals surface area contributed by atoms with Crippen molar-refractivity contribution in [3.05, 3.63) is 59.2 Å². The van der Waals surface area contributed by atoms with Crippen LogP contribution in [-0.4, -0.2) is 36.9 Å². The minimum absolute atomic E-state index is 0.0118. The minimum Gasteiger partial charge on any atom is -0.497 e. The van der Waals surface area contributed by atoms with Crippen LogP contribution in [0.15, 0.2) is 42.5 Å². The lowest BCUT2D eigenvalue weighted by molar-refractivity contribution is -0.121. The number of aryl methyl sites for hydroxylation is 1. The van der Waals surface area contributed by atoms with Crippen LogP contribution in [0.5, 0.6) is 5.75 Å². The summed E-state index contributed by atoms with van der Waals surface area (Å²) in [5.41, 5.74) is 3.74. The van der Waals surface area contributed by atoms with Crippen LogP contribution in [0.2, 0.25) is 0 Å². The molecule has 2 aromatic carbocycles. The molecule has 1 fully saturated rings. The second-order valence-corrected chi connectivity index (χ2v) is 7.04. The van der Waals surface area contributed by atoms with Crippen LogP contribution in [0.25, 0.3) is 0 Å².